The summed E-state index contributed by atoms with van der Waals surface area (Å²) in [5.74, 6) is 2.90. The van der Waals surface area contributed by atoms with E-state index in [9.17, 15) is 4.79 Å². The van der Waals surface area contributed by atoms with Crippen molar-refractivity contribution in [3.05, 3.63) is 16.1 Å². The number of carbonyl (C=O) groups is 1. The second kappa shape index (κ2) is 5.89. The van der Waals surface area contributed by atoms with Gasteiger partial charge in [-0.15, -0.1) is 16.9 Å². The molecule has 0 aliphatic carbocycles. The minimum atomic E-state index is -1.37. The van der Waals surface area contributed by atoms with E-state index in [4.69, 9.17) is 4.74 Å². The summed E-state index contributed by atoms with van der Waals surface area (Å²) in [7, 11) is -1.37. The maximum atomic E-state index is 11.7. The SMILES string of the molecule is CC(C)(C)OC(=O)Cc1ncc(C#C[Si](C)(C)C)s1. The quantitative estimate of drug-likeness (QED) is 0.477. The first-order valence-corrected chi connectivity index (χ1v) is 10.6. The second-order valence-electron chi connectivity index (χ2n) is 6.38. The fourth-order valence-corrected chi connectivity index (χ4v) is 2.56. The monoisotopic (exact) mass is 295 g/mol. The lowest BCUT2D eigenvalue weighted by Crippen LogP contribution is -2.24. The number of hydrogen-bond donors (Lipinski definition) is 0. The van der Waals surface area contributed by atoms with Crippen molar-refractivity contribution >= 4 is 25.4 Å². The van der Waals surface area contributed by atoms with Gasteiger partial charge in [0.15, 0.2) is 0 Å². The van der Waals surface area contributed by atoms with Gasteiger partial charge in [0.25, 0.3) is 0 Å². The number of aromatic nitrogens is 1. The summed E-state index contributed by atoms with van der Waals surface area (Å²) >= 11 is 1.46. The van der Waals surface area contributed by atoms with E-state index in [1.54, 1.807) is 6.20 Å². The molecule has 0 saturated heterocycles. The summed E-state index contributed by atoms with van der Waals surface area (Å²) in [5, 5.41) is 0.758. The first-order chi connectivity index (χ1) is 8.55. The van der Waals surface area contributed by atoms with Gasteiger partial charge in [0.05, 0.1) is 17.5 Å². The predicted octanol–water partition coefficient (Wildman–Crippen LogP) is 3.26. The van der Waals surface area contributed by atoms with Gasteiger partial charge in [-0.05, 0) is 20.8 Å². The number of esters is 1. The maximum Gasteiger partial charge on any atom is 0.313 e. The number of carbonyl (C=O) groups excluding carboxylic acids is 1. The molecule has 0 radical (unpaired) electrons. The van der Waals surface area contributed by atoms with E-state index in [2.05, 4.69) is 36.1 Å². The summed E-state index contributed by atoms with van der Waals surface area (Å²) in [4.78, 5) is 16.8. The Bertz CT molecular complexity index is 512. The topological polar surface area (TPSA) is 39.2 Å². The summed E-state index contributed by atoms with van der Waals surface area (Å²) < 4.78 is 5.26. The van der Waals surface area contributed by atoms with Crippen molar-refractivity contribution in [2.24, 2.45) is 0 Å². The van der Waals surface area contributed by atoms with E-state index in [1.165, 1.54) is 11.3 Å². The molecule has 0 amide bonds. The van der Waals surface area contributed by atoms with E-state index in [0.717, 1.165) is 9.88 Å². The minimum absolute atomic E-state index is 0.219. The molecule has 0 bridgehead atoms. The molecule has 0 aliphatic rings. The zero-order chi connectivity index (χ0) is 14.7. The lowest BCUT2D eigenvalue weighted by Gasteiger charge is -2.18. The zero-order valence-corrected chi connectivity index (χ0v) is 14.3. The van der Waals surface area contributed by atoms with Crippen LogP contribution in [-0.4, -0.2) is 24.6 Å². The highest BCUT2D eigenvalue weighted by Gasteiger charge is 2.17. The van der Waals surface area contributed by atoms with Crippen LogP contribution in [0.15, 0.2) is 6.20 Å². The molecule has 0 unspecified atom stereocenters. The van der Waals surface area contributed by atoms with Crippen LogP contribution in [0.4, 0.5) is 0 Å². The first-order valence-electron chi connectivity index (χ1n) is 6.25. The molecule has 0 spiro atoms. The Morgan fingerprint density at radius 2 is 2.05 bits per heavy atom. The van der Waals surface area contributed by atoms with Crippen LogP contribution in [0.25, 0.3) is 0 Å². The highest BCUT2D eigenvalue weighted by molar-refractivity contribution is 7.12. The molecule has 0 atom stereocenters. The molecule has 3 nitrogen and oxygen atoms in total. The van der Waals surface area contributed by atoms with Crippen LogP contribution in [-0.2, 0) is 16.0 Å². The molecule has 5 heteroatoms. The third-order valence-electron chi connectivity index (χ3n) is 1.83. The van der Waals surface area contributed by atoms with E-state index in [0.29, 0.717) is 0 Å². The fraction of sp³-hybridized carbons (Fsp3) is 0.571. The average molecular weight is 295 g/mol. The van der Waals surface area contributed by atoms with Gasteiger partial charge in [0, 0.05) is 0 Å². The van der Waals surface area contributed by atoms with Crippen LogP contribution in [0.5, 0.6) is 0 Å². The highest BCUT2D eigenvalue weighted by Crippen LogP contribution is 2.15. The third-order valence-corrected chi connectivity index (χ3v) is 3.62. The van der Waals surface area contributed by atoms with Crippen LogP contribution >= 0.6 is 11.3 Å². The first kappa shape index (κ1) is 15.9. The van der Waals surface area contributed by atoms with Gasteiger partial charge in [0.1, 0.15) is 18.7 Å². The lowest BCUT2D eigenvalue weighted by atomic mass is 10.2. The fourth-order valence-electron chi connectivity index (χ4n) is 1.20. The Kier molecular flexibility index (Phi) is 4.94. The zero-order valence-electron chi connectivity index (χ0n) is 12.5. The van der Waals surface area contributed by atoms with Crippen LogP contribution in [0.1, 0.15) is 30.7 Å². The molecule has 1 rings (SSSR count). The molecule has 1 aromatic rings. The second-order valence-corrected chi connectivity index (χ2v) is 12.2. The number of ether oxygens (including phenoxy) is 1. The summed E-state index contributed by atoms with van der Waals surface area (Å²) in [6.07, 6.45) is 1.95. The Hall–Kier alpha value is -1.12. The highest BCUT2D eigenvalue weighted by atomic mass is 32.1. The number of nitrogens with zero attached hydrogens (tertiary/aromatic N) is 1. The van der Waals surface area contributed by atoms with E-state index < -0.39 is 13.7 Å². The van der Waals surface area contributed by atoms with Crippen LogP contribution in [0.2, 0.25) is 19.6 Å². The van der Waals surface area contributed by atoms with Crippen molar-refractivity contribution in [3.63, 3.8) is 0 Å². The smallest absolute Gasteiger partial charge is 0.313 e. The number of rotatable bonds is 2. The molecular weight excluding hydrogens is 274 g/mol. The molecule has 0 fully saturated rings. The van der Waals surface area contributed by atoms with Gasteiger partial charge in [-0.25, -0.2) is 4.98 Å². The molecular formula is C14H21NO2SSi. The summed E-state index contributed by atoms with van der Waals surface area (Å²) in [6, 6.07) is 0. The van der Waals surface area contributed by atoms with Gasteiger partial charge in [-0.3, -0.25) is 4.79 Å². The molecule has 19 heavy (non-hydrogen) atoms. The van der Waals surface area contributed by atoms with Crippen molar-refractivity contribution in [1.82, 2.24) is 4.98 Å². The standard InChI is InChI=1S/C14H21NO2SSi/c1-14(2,3)17-13(16)9-12-15-10-11(18-12)7-8-19(4,5)6/h10H,9H2,1-6H3. The average Bonchev–Trinajstić information content (AvgIpc) is 2.58. The predicted molar refractivity (Wildman–Crippen MR) is 81.9 cm³/mol. The Balaban J connectivity index is 2.65. The van der Waals surface area contributed by atoms with Gasteiger partial charge >= 0.3 is 5.97 Å². The van der Waals surface area contributed by atoms with Crippen LogP contribution in [0, 0.1) is 11.5 Å². The molecule has 1 aromatic heterocycles. The maximum absolute atomic E-state index is 11.7. The lowest BCUT2D eigenvalue weighted by molar-refractivity contribution is -0.153. The van der Waals surface area contributed by atoms with Gasteiger partial charge in [0.2, 0.25) is 0 Å². The minimum Gasteiger partial charge on any atom is -0.460 e. The normalized spacial score (nSPS) is 11.7. The van der Waals surface area contributed by atoms with Crippen molar-refractivity contribution in [1.29, 1.82) is 0 Å². The Morgan fingerprint density at radius 3 is 2.58 bits per heavy atom. The van der Waals surface area contributed by atoms with Crippen molar-refractivity contribution < 1.29 is 9.53 Å². The number of thiazole rings is 1. The van der Waals surface area contributed by atoms with E-state index >= 15 is 0 Å². The molecule has 0 aromatic carbocycles. The molecule has 0 aliphatic heterocycles. The molecule has 104 valence electrons. The van der Waals surface area contributed by atoms with Gasteiger partial charge in [-0.2, -0.15) is 0 Å². The van der Waals surface area contributed by atoms with Crippen LogP contribution in [0.3, 0.4) is 0 Å². The Labute approximate surface area is 120 Å². The van der Waals surface area contributed by atoms with Gasteiger partial charge in [-0.1, -0.05) is 25.6 Å². The van der Waals surface area contributed by atoms with E-state index in [-0.39, 0.29) is 12.4 Å². The van der Waals surface area contributed by atoms with Gasteiger partial charge < -0.3 is 4.74 Å². The number of hydrogen-bond acceptors (Lipinski definition) is 4. The van der Waals surface area contributed by atoms with Crippen molar-refractivity contribution in [3.8, 4) is 11.5 Å². The summed E-state index contributed by atoms with van der Waals surface area (Å²) in [6.45, 7) is 12.2. The summed E-state index contributed by atoms with van der Waals surface area (Å²) in [5.41, 5.74) is 2.84. The van der Waals surface area contributed by atoms with Crippen LogP contribution < -0.4 is 0 Å². The largest absolute Gasteiger partial charge is 0.460 e. The Morgan fingerprint density at radius 1 is 1.42 bits per heavy atom. The molecule has 0 N–H and O–H groups in total. The van der Waals surface area contributed by atoms with Crippen molar-refractivity contribution in [2.75, 3.05) is 0 Å². The third kappa shape index (κ3) is 7.14. The van der Waals surface area contributed by atoms with E-state index in [1.807, 2.05) is 20.8 Å². The van der Waals surface area contributed by atoms with Crippen molar-refractivity contribution in [2.45, 2.75) is 52.4 Å². The molecule has 0 saturated carbocycles. The molecule has 1 heterocycles.